The summed E-state index contributed by atoms with van der Waals surface area (Å²) in [5, 5.41) is 2.98. The van der Waals surface area contributed by atoms with E-state index in [1.807, 2.05) is 36.4 Å². The maximum absolute atomic E-state index is 12.2. The Labute approximate surface area is 135 Å². The van der Waals surface area contributed by atoms with E-state index in [4.69, 9.17) is 10.5 Å². The molecule has 0 spiro atoms. The van der Waals surface area contributed by atoms with Crippen molar-refractivity contribution in [3.63, 3.8) is 0 Å². The van der Waals surface area contributed by atoms with Crippen molar-refractivity contribution in [1.29, 1.82) is 0 Å². The van der Waals surface area contributed by atoms with E-state index in [1.54, 1.807) is 12.4 Å². The van der Waals surface area contributed by atoms with Crippen molar-refractivity contribution in [2.24, 2.45) is 5.73 Å². The molecule has 1 aliphatic rings. The number of rotatable bonds is 5. The summed E-state index contributed by atoms with van der Waals surface area (Å²) in [6.45, 7) is 0.944. The third kappa shape index (κ3) is 3.75. The molecule has 120 valence electrons. The molecule has 1 fully saturated rings. The highest BCUT2D eigenvalue weighted by Gasteiger charge is 2.29. The van der Waals surface area contributed by atoms with Crippen LogP contribution in [0.25, 0.3) is 11.1 Å². The number of nitrogens with zero attached hydrogens (tertiary/aromatic N) is 1. The van der Waals surface area contributed by atoms with Crippen LogP contribution in [0.1, 0.15) is 18.4 Å². The Balaban J connectivity index is 1.66. The molecule has 0 bridgehead atoms. The van der Waals surface area contributed by atoms with Gasteiger partial charge in [0.05, 0.1) is 6.10 Å². The number of amides is 1. The first-order valence-corrected chi connectivity index (χ1v) is 7.89. The van der Waals surface area contributed by atoms with E-state index < -0.39 is 0 Å². The Morgan fingerprint density at radius 2 is 2.00 bits per heavy atom. The summed E-state index contributed by atoms with van der Waals surface area (Å²) < 4.78 is 5.63. The van der Waals surface area contributed by atoms with Gasteiger partial charge >= 0.3 is 0 Å². The van der Waals surface area contributed by atoms with Crippen molar-refractivity contribution in [3.05, 3.63) is 54.4 Å². The summed E-state index contributed by atoms with van der Waals surface area (Å²) >= 11 is 0. The van der Waals surface area contributed by atoms with Crippen molar-refractivity contribution >= 4 is 5.91 Å². The maximum atomic E-state index is 12.2. The van der Waals surface area contributed by atoms with Gasteiger partial charge in [-0.3, -0.25) is 9.78 Å². The monoisotopic (exact) mass is 311 g/mol. The molecule has 1 aliphatic heterocycles. The van der Waals surface area contributed by atoms with Crippen LogP contribution in [0.2, 0.25) is 0 Å². The Hall–Kier alpha value is -2.24. The van der Waals surface area contributed by atoms with Crippen molar-refractivity contribution < 1.29 is 9.53 Å². The fourth-order valence-electron chi connectivity index (χ4n) is 2.86. The number of carbonyl (C=O) groups excluding carboxylic acids is 1. The molecule has 0 unspecified atom stereocenters. The predicted octanol–water partition coefficient (Wildman–Crippen LogP) is 1.87. The minimum Gasteiger partial charge on any atom is -0.364 e. The molecule has 1 amide bonds. The lowest BCUT2D eigenvalue weighted by Crippen LogP contribution is -2.35. The van der Waals surface area contributed by atoms with Crippen LogP contribution in [0.4, 0.5) is 0 Å². The smallest absolute Gasteiger partial charge is 0.249 e. The highest BCUT2D eigenvalue weighted by molar-refractivity contribution is 5.81. The van der Waals surface area contributed by atoms with E-state index in [-0.39, 0.29) is 18.1 Å². The van der Waals surface area contributed by atoms with E-state index >= 15 is 0 Å². The molecule has 1 aromatic carbocycles. The fourth-order valence-corrected chi connectivity index (χ4v) is 2.86. The van der Waals surface area contributed by atoms with E-state index in [0.29, 0.717) is 13.1 Å². The number of benzene rings is 1. The molecule has 5 nitrogen and oxygen atoms in total. The fraction of sp³-hybridized carbons (Fsp3) is 0.333. The third-order valence-electron chi connectivity index (χ3n) is 4.12. The molecule has 3 N–H and O–H groups in total. The molecule has 3 rings (SSSR count). The van der Waals surface area contributed by atoms with Crippen LogP contribution in [0, 0.1) is 0 Å². The largest absolute Gasteiger partial charge is 0.364 e. The molecule has 2 aromatic rings. The summed E-state index contributed by atoms with van der Waals surface area (Å²) in [7, 11) is 0. The van der Waals surface area contributed by atoms with Crippen LogP contribution in [0.15, 0.2) is 48.8 Å². The Morgan fingerprint density at radius 1 is 1.22 bits per heavy atom. The lowest BCUT2D eigenvalue weighted by Gasteiger charge is -2.14. The minimum atomic E-state index is -0.378. The van der Waals surface area contributed by atoms with Crippen molar-refractivity contribution in [2.45, 2.75) is 31.6 Å². The topological polar surface area (TPSA) is 77.2 Å². The molecular formula is C18H21N3O2. The summed E-state index contributed by atoms with van der Waals surface area (Å²) in [6, 6.07) is 12.0. The number of nitrogens with two attached hydrogens (primary N) is 1. The molecule has 2 atom stereocenters. The van der Waals surface area contributed by atoms with Crippen LogP contribution in [0.5, 0.6) is 0 Å². The van der Waals surface area contributed by atoms with Crippen LogP contribution >= 0.6 is 0 Å². The van der Waals surface area contributed by atoms with Gasteiger partial charge in [0.1, 0.15) is 6.10 Å². The second-order valence-corrected chi connectivity index (χ2v) is 5.67. The maximum Gasteiger partial charge on any atom is 0.249 e. The Morgan fingerprint density at radius 3 is 2.74 bits per heavy atom. The minimum absolute atomic E-state index is 0.00913. The summed E-state index contributed by atoms with van der Waals surface area (Å²) in [5.74, 6) is -0.0644. The second kappa shape index (κ2) is 7.35. The molecule has 0 aliphatic carbocycles. The van der Waals surface area contributed by atoms with Gasteiger partial charge < -0.3 is 15.8 Å². The van der Waals surface area contributed by atoms with Gasteiger partial charge in [0.25, 0.3) is 0 Å². The molecule has 5 heteroatoms. The van der Waals surface area contributed by atoms with Crippen LogP contribution < -0.4 is 11.1 Å². The lowest BCUT2D eigenvalue weighted by molar-refractivity contribution is -0.132. The van der Waals surface area contributed by atoms with Crippen LogP contribution in [-0.4, -0.2) is 29.6 Å². The van der Waals surface area contributed by atoms with Gasteiger partial charge in [0.15, 0.2) is 0 Å². The summed E-state index contributed by atoms with van der Waals surface area (Å²) in [6.07, 6.45) is 4.75. The van der Waals surface area contributed by atoms with Gasteiger partial charge in [-0.2, -0.15) is 0 Å². The number of hydrogen-bond donors (Lipinski definition) is 2. The average molecular weight is 311 g/mol. The Bertz CT molecular complexity index is 660. The van der Waals surface area contributed by atoms with Crippen molar-refractivity contribution in [3.8, 4) is 11.1 Å². The van der Waals surface area contributed by atoms with Gasteiger partial charge in [-0.15, -0.1) is 0 Å². The number of pyridine rings is 1. The number of ether oxygens (including phenoxy) is 1. The van der Waals surface area contributed by atoms with Crippen LogP contribution in [-0.2, 0) is 16.1 Å². The standard InChI is InChI=1S/C18H21N3O2/c19-11-15-5-6-17(23-15)18(22)21-12-14-3-1-2-4-16(14)13-7-9-20-10-8-13/h1-4,7-10,15,17H,5-6,11-12,19H2,(H,21,22)/t15-,17+/m1/s1. The highest BCUT2D eigenvalue weighted by atomic mass is 16.5. The lowest BCUT2D eigenvalue weighted by atomic mass is 10.0. The first-order chi connectivity index (χ1) is 11.3. The van der Waals surface area contributed by atoms with Crippen molar-refractivity contribution in [1.82, 2.24) is 10.3 Å². The first-order valence-electron chi connectivity index (χ1n) is 7.89. The second-order valence-electron chi connectivity index (χ2n) is 5.67. The number of carbonyl (C=O) groups is 1. The zero-order valence-corrected chi connectivity index (χ0v) is 12.9. The normalized spacial score (nSPS) is 20.4. The van der Waals surface area contributed by atoms with Gasteiger partial charge in [0.2, 0.25) is 5.91 Å². The third-order valence-corrected chi connectivity index (χ3v) is 4.12. The van der Waals surface area contributed by atoms with Gasteiger partial charge in [-0.1, -0.05) is 24.3 Å². The van der Waals surface area contributed by atoms with Gasteiger partial charge in [-0.25, -0.2) is 0 Å². The van der Waals surface area contributed by atoms with Gasteiger partial charge in [-0.05, 0) is 41.7 Å². The Kier molecular flexibility index (Phi) is 5.00. The summed E-state index contributed by atoms with van der Waals surface area (Å²) in [5.41, 5.74) is 8.84. The van der Waals surface area contributed by atoms with Crippen LogP contribution in [0.3, 0.4) is 0 Å². The first kappa shape index (κ1) is 15.6. The van der Waals surface area contributed by atoms with E-state index in [0.717, 1.165) is 29.5 Å². The average Bonchev–Trinajstić information content (AvgIpc) is 3.10. The SMILES string of the molecule is NC[C@H]1CC[C@@H](C(=O)NCc2ccccc2-c2ccncc2)O1. The zero-order chi connectivity index (χ0) is 16.1. The molecule has 1 aromatic heterocycles. The number of hydrogen-bond acceptors (Lipinski definition) is 4. The molecule has 23 heavy (non-hydrogen) atoms. The van der Waals surface area contributed by atoms with Gasteiger partial charge in [0, 0.05) is 25.5 Å². The quantitative estimate of drug-likeness (QED) is 0.884. The highest BCUT2D eigenvalue weighted by Crippen LogP contribution is 2.23. The molecule has 0 saturated carbocycles. The van der Waals surface area contributed by atoms with E-state index in [1.165, 1.54) is 0 Å². The molecule has 1 saturated heterocycles. The number of nitrogens with one attached hydrogen (secondary N) is 1. The molecule has 0 radical (unpaired) electrons. The molecular weight excluding hydrogens is 290 g/mol. The number of aromatic nitrogens is 1. The zero-order valence-electron chi connectivity index (χ0n) is 12.9. The van der Waals surface area contributed by atoms with E-state index in [9.17, 15) is 4.79 Å². The predicted molar refractivity (Wildman–Crippen MR) is 88.5 cm³/mol. The van der Waals surface area contributed by atoms with Crippen molar-refractivity contribution in [2.75, 3.05) is 6.54 Å². The molecule has 2 heterocycles. The van der Waals surface area contributed by atoms with E-state index in [2.05, 4.69) is 10.3 Å². The summed E-state index contributed by atoms with van der Waals surface area (Å²) in [4.78, 5) is 16.3.